The van der Waals surface area contributed by atoms with Crippen LogP contribution in [0.4, 0.5) is 4.39 Å². The highest BCUT2D eigenvalue weighted by molar-refractivity contribution is 9.10. The second kappa shape index (κ2) is 6.24. The summed E-state index contributed by atoms with van der Waals surface area (Å²) in [5, 5.41) is 9.38. The fraction of sp³-hybridized carbons (Fsp3) is 0.0714. The number of aromatic carboxylic acids is 1. The number of hydrogen-bond acceptors (Lipinski definition) is 2. The molecule has 6 heteroatoms. The third kappa shape index (κ3) is 3.71. The van der Waals surface area contributed by atoms with Crippen LogP contribution in [-0.2, 0) is 6.61 Å². The molecule has 0 atom stereocenters. The first-order valence-corrected chi connectivity index (χ1v) is 6.73. The molecule has 2 aromatic carbocycles. The van der Waals surface area contributed by atoms with E-state index in [0.717, 1.165) is 0 Å². The maximum absolute atomic E-state index is 13.2. The molecule has 0 spiro atoms. The minimum absolute atomic E-state index is 0.0343. The highest BCUT2D eigenvalue weighted by Crippen LogP contribution is 2.24. The number of halogens is 3. The molecule has 0 aromatic heterocycles. The highest BCUT2D eigenvalue weighted by atomic mass is 79.9. The van der Waals surface area contributed by atoms with Gasteiger partial charge in [-0.1, -0.05) is 27.5 Å². The van der Waals surface area contributed by atoms with Gasteiger partial charge in [0, 0.05) is 9.50 Å². The van der Waals surface area contributed by atoms with Crippen LogP contribution >= 0.6 is 27.5 Å². The summed E-state index contributed by atoms with van der Waals surface area (Å²) in [6.45, 7) is 0.0538. The summed E-state index contributed by atoms with van der Waals surface area (Å²) >= 11 is 8.92. The van der Waals surface area contributed by atoms with Crippen molar-refractivity contribution in [3.05, 3.63) is 62.8 Å². The zero-order chi connectivity index (χ0) is 14.7. The van der Waals surface area contributed by atoms with Crippen molar-refractivity contribution in [2.45, 2.75) is 6.61 Å². The minimum Gasteiger partial charge on any atom is -0.488 e. The molecule has 1 N–H and O–H groups in total. The second-order valence-corrected chi connectivity index (χ2v) is 5.36. The predicted octanol–water partition coefficient (Wildman–Crippen LogP) is 4.52. The summed E-state index contributed by atoms with van der Waals surface area (Å²) in [6, 6.07) is 8.65. The average Bonchev–Trinajstić information content (AvgIpc) is 2.36. The quantitative estimate of drug-likeness (QED) is 0.873. The third-order valence-corrected chi connectivity index (χ3v) is 3.18. The molecule has 20 heavy (non-hydrogen) atoms. The molecule has 0 heterocycles. The van der Waals surface area contributed by atoms with Gasteiger partial charge in [0.2, 0.25) is 0 Å². The minimum atomic E-state index is -1.14. The van der Waals surface area contributed by atoms with Crippen molar-refractivity contribution in [3.8, 4) is 5.75 Å². The number of carbonyl (C=O) groups is 1. The Bertz CT molecular complexity index is 641. The van der Waals surface area contributed by atoms with Crippen LogP contribution in [0.3, 0.4) is 0 Å². The smallest absolute Gasteiger partial charge is 0.339 e. The van der Waals surface area contributed by atoms with Gasteiger partial charge in [0.05, 0.1) is 0 Å². The first-order valence-electron chi connectivity index (χ1n) is 5.56. The molecule has 0 amide bonds. The first kappa shape index (κ1) is 14.8. The fourth-order valence-electron chi connectivity index (χ4n) is 1.65. The normalized spacial score (nSPS) is 10.3. The Morgan fingerprint density at radius 2 is 2.05 bits per heavy atom. The molecule has 2 rings (SSSR count). The Labute approximate surface area is 128 Å². The first-order chi connectivity index (χ1) is 9.45. The summed E-state index contributed by atoms with van der Waals surface area (Å²) in [5.74, 6) is -1.35. The van der Waals surface area contributed by atoms with Crippen LogP contribution in [0.25, 0.3) is 0 Å². The lowest BCUT2D eigenvalue weighted by Gasteiger charge is -2.10. The lowest BCUT2D eigenvalue weighted by molar-refractivity contribution is 0.0691. The van der Waals surface area contributed by atoms with Gasteiger partial charge in [0.15, 0.2) is 0 Å². The van der Waals surface area contributed by atoms with Crippen LogP contribution in [0, 0.1) is 5.82 Å². The van der Waals surface area contributed by atoms with Gasteiger partial charge in [0.25, 0.3) is 0 Å². The van der Waals surface area contributed by atoms with E-state index < -0.39 is 11.8 Å². The van der Waals surface area contributed by atoms with Crippen LogP contribution in [-0.4, -0.2) is 11.1 Å². The average molecular weight is 360 g/mol. The van der Waals surface area contributed by atoms with E-state index in [-0.39, 0.29) is 17.9 Å². The van der Waals surface area contributed by atoms with E-state index in [2.05, 4.69) is 15.9 Å². The maximum Gasteiger partial charge on any atom is 0.339 e. The molecule has 0 saturated carbocycles. The second-order valence-electron chi connectivity index (χ2n) is 4.01. The van der Waals surface area contributed by atoms with Crippen LogP contribution < -0.4 is 4.74 Å². The Balaban J connectivity index is 2.20. The Kier molecular flexibility index (Phi) is 4.62. The van der Waals surface area contributed by atoms with Crippen molar-refractivity contribution >= 4 is 33.5 Å². The Morgan fingerprint density at radius 3 is 2.70 bits per heavy atom. The zero-order valence-corrected chi connectivity index (χ0v) is 12.4. The summed E-state index contributed by atoms with van der Waals surface area (Å²) in [6.07, 6.45) is 0. The summed E-state index contributed by atoms with van der Waals surface area (Å²) in [7, 11) is 0. The van der Waals surface area contributed by atoms with E-state index in [1.54, 1.807) is 6.07 Å². The van der Waals surface area contributed by atoms with E-state index >= 15 is 0 Å². The molecule has 0 saturated heterocycles. The number of ether oxygens (including phenoxy) is 1. The van der Waals surface area contributed by atoms with Crippen LogP contribution in [0.15, 0.2) is 40.9 Å². The molecule has 0 aliphatic heterocycles. The van der Waals surface area contributed by atoms with Gasteiger partial charge in [-0.3, -0.25) is 0 Å². The molecular formula is C14H9BrClFO3. The van der Waals surface area contributed by atoms with Crippen molar-refractivity contribution in [2.75, 3.05) is 0 Å². The Hall–Kier alpha value is -1.59. The maximum atomic E-state index is 13.2. The van der Waals surface area contributed by atoms with E-state index in [1.165, 1.54) is 30.3 Å². The molecule has 3 nitrogen and oxygen atoms in total. The topological polar surface area (TPSA) is 46.5 Å². The van der Waals surface area contributed by atoms with Crippen LogP contribution in [0.5, 0.6) is 5.75 Å². The molecule has 104 valence electrons. The van der Waals surface area contributed by atoms with E-state index in [0.29, 0.717) is 15.1 Å². The van der Waals surface area contributed by atoms with Gasteiger partial charge >= 0.3 is 5.97 Å². The van der Waals surface area contributed by atoms with Crippen molar-refractivity contribution in [1.29, 1.82) is 0 Å². The highest BCUT2D eigenvalue weighted by Gasteiger charge is 2.12. The standard InChI is InChI=1S/C14H9BrClFO3/c15-9-3-8(4-11(17)5-9)7-20-13-2-1-10(16)6-12(13)14(18)19/h1-6H,7H2,(H,18,19). The molecule has 0 bridgehead atoms. The molecule has 0 fully saturated rings. The lowest BCUT2D eigenvalue weighted by atomic mass is 10.2. The zero-order valence-electron chi connectivity index (χ0n) is 10.1. The van der Waals surface area contributed by atoms with E-state index in [9.17, 15) is 9.18 Å². The molecule has 0 unspecified atom stereocenters. The summed E-state index contributed by atoms with van der Waals surface area (Å²) in [4.78, 5) is 11.1. The number of carboxylic acid groups (broad SMARTS) is 1. The van der Waals surface area contributed by atoms with Gasteiger partial charge in [-0.2, -0.15) is 0 Å². The Morgan fingerprint density at radius 1 is 1.30 bits per heavy atom. The number of benzene rings is 2. The summed E-state index contributed by atoms with van der Waals surface area (Å²) in [5.41, 5.74) is 0.552. The SMILES string of the molecule is O=C(O)c1cc(Cl)ccc1OCc1cc(F)cc(Br)c1. The van der Waals surface area contributed by atoms with Gasteiger partial charge in [-0.05, 0) is 42.0 Å². The van der Waals surface area contributed by atoms with Gasteiger partial charge < -0.3 is 9.84 Å². The molecule has 0 aliphatic carbocycles. The van der Waals surface area contributed by atoms with E-state index in [4.69, 9.17) is 21.4 Å². The number of hydrogen-bond donors (Lipinski definition) is 1. The molecule has 0 aliphatic rings. The molecule has 0 radical (unpaired) electrons. The van der Waals surface area contributed by atoms with Crippen LogP contribution in [0.1, 0.15) is 15.9 Å². The fourth-order valence-corrected chi connectivity index (χ4v) is 2.34. The van der Waals surface area contributed by atoms with Crippen LogP contribution in [0.2, 0.25) is 5.02 Å². The summed E-state index contributed by atoms with van der Waals surface area (Å²) < 4.78 is 19.2. The molecule has 2 aromatic rings. The largest absolute Gasteiger partial charge is 0.488 e. The van der Waals surface area contributed by atoms with Crippen molar-refractivity contribution < 1.29 is 19.0 Å². The monoisotopic (exact) mass is 358 g/mol. The number of rotatable bonds is 4. The lowest BCUT2D eigenvalue weighted by Crippen LogP contribution is -2.03. The number of carboxylic acids is 1. The van der Waals surface area contributed by atoms with Gasteiger partial charge in [0.1, 0.15) is 23.7 Å². The van der Waals surface area contributed by atoms with E-state index in [1.807, 2.05) is 0 Å². The van der Waals surface area contributed by atoms with Gasteiger partial charge in [-0.15, -0.1) is 0 Å². The van der Waals surface area contributed by atoms with Crippen molar-refractivity contribution in [3.63, 3.8) is 0 Å². The predicted molar refractivity (Wildman–Crippen MR) is 76.8 cm³/mol. The third-order valence-electron chi connectivity index (χ3n) is 2.49. The van der Waals surface area contributed by atoms with Gasteiger partial charge in [-0.25, -0.2) is 9.18 Å². The van der Waals surface area contributed by atoms with Crippen molar-refractivity contribution in [1.82, 2.24) is 0 Å². The molecular weight excluding hydrogens is 351 g/mol. The van der Waals surface area contributed by atoms with Crippen molar-refractivity contribution in [2.24, 2.45) is 0 Å².